The summed E-state index contributed by atoms with van der Waals surface area (Å²) in [6.07, 6.45) is 0. The fraction of sp³-hybridized carbons (Fsp3) is 0.316. The number of hydrogen-bond donors (Lipinski definition) is 1. The lowest BCUT2D eigenvalue weighted by molar-refractivity contribution is -0.118. The van der Waals surface area contributed by atoms with Crippen LogP contribution >= 0.6 is 11.8 Å². The van der Waals surface area contributed by atoms with E-state index in [9.17, 15) is 4.79 Å². The van der Waals surface area contributed by atoms with Crippen molar-refractivity contribution in [3.05, 3.63) is 65.2 Å². The number of thioether (sulfide) groups is 1. The van der Waals surface area contributed by atoms with Crippen molar-refractivity contribution in [3.63, 3.8) is 0 Å². The number of hydrogen-bond acceptors (Lipinski definition) is 3. The summed E-state index contributed by atoms with van der Waals surface area (Å²) in [5.41, 5.74) is 3.58. The van der Waals surface area contributed by atoms with E-state index in [4.69, 9.17) is 4.74 Å². The number of aryl methyl sites for hydroxylation is 2. The van der Waals surface area contributed by atoms with Gasteiger partial charge < -0.3 is 10.1 Å². The molecule has 3 nitrogen and oxygen atoms in total. The first-order chi connectivity index (χ1) is 11.1. The maximum atomic E-state index is 11.8. The number of amides is 1. The van der Waals surface area contributed by atoms with E-state index in [0.29, 0.717) is 18.9 Å². The Balaban J connectivity index is 1.59. The molecule has 0 unspecified atom stereocenters. The van der Waals surface area contributed by atoms with Crippen molar-refractivity contribution in [1.29, 1.82) is 0 Å². The first-order valence-electron chi connectivity index (χ1n) is 7.73. The van der Waals surface area contributed by atoms with E-state index >= 15 is 0 Å². The molecule has 0 heterocycles. The molecule has 0 spiro atoms. The molecule has 4 heteroatoms. The van der Waals surface area contributed by atoms with Crippen molar-refractivity contribution in [3.8, 4) is 5.75 Å². The minimum absolute atomic E-state index is 0.0511. The molecule has 2 aromatic rings. The molecule has 0 aliphatic carbocycles. The number of nitrogens with one attached hydrogen (secondary N) is 1. The van der Waals surface area contributed by atoms with E-state index in [0.717, 1.165) is 17.1 Å². The van der Waals surface area contributed by atoms with Gasteiger partial charge in [-0.3, -0.25) is 4.79 Å². The highest BCUT2D eigenvalue weighted by Gasteiger charge is 2.03. The van der Waals surface area contributed by atoms with Gasteiger partial charge in [-0.2, -0.15) is 0 Å². The quantitative estimate of drug-likeness (QED) is 0.750. The third kappa shape index (κ3) is 6.37. The van der Waals surface area contributed by atoms with Gasteiger partial charge in [-0.15, -0.1) is 11.8 Å². The molecule has 0 aromatic heterocycles. The van der Waals surface area contributed by atoms with Crippen molar-refractivity contribution < 1.29 is 9.53 Å². The zero-order valence-corrected chi connectivity index (χ0v) is 14.5. The molecule has 2 aromatic carbocycles. The highest BCUT2D eigenvalue weighted by molar-refractivity contribution is 7.99. The Labute approximate surface area is 142 Å². The average molecular weight is 329 g/mol. The smallest absolute Gasteiger partial charge is 0.230 e. The molecule has 0 bridgehead atoms. The van der Waals surface area contributed by atoms with Gasteiger partial charge in [-0.1, -0.05) is 48.0 Å². The molecular weight excluding hydrogens is 306 g/mol. The van der Waals surface area contributed by atoms with Crippen molar-refractivity contribution in [2.75, 3.05) is 18.9 Å². The number of carbonyl (C=O) groups is 1. The minimum atomic E-state index is 0.0511. The zero-order valence-electron chi connectivity index (χ0n) is 13.7. The fourth-order valence-corrected chi connectivity index (χ4v) is 3.02. The van der Waals surface area contributed by atoms with Gasteiger partial charge in [-0.05, 0) is 31.0 Å². The van der Waals surface area contributed by atoms with E-state index in [1.807, 2.05) is 37.3 Å². The van der Waals surface area contributed by atoms with Crippen LogP contribution in [0.25, 0.3) is 0 Å². The van der Waals surface area contributed by atoms with E-state index < -0.39 is 0 Å². The molecule has 0 aliphatic rings. The summed E-state index contributed by atoms with van der Waals surface area (Å²) in [6, 6.07) is 16.3. The summed E-state index contributed by atoms with van der Waals surface area (Å²) in [4.78, 5) is 11.8. The second kappa shape index (κ2) is 9.26. The molecule has 0 fully saturated rings. The zero-order chi connectivity index (χ0) is 16.5. The molecule has 0 saturated carbocycles. The van der Waals surface area contributed by atoms with E-state index in [2.05, 4.69) is 30.4 Å². The summed E-state index contributed by atoms with van der Waals surface area (Å²) in [5.74, 6) is 2.25. The van der Waals surface area contributed by atoms with Crippen LogP contribution in [0, 0.1) is 13.8 Å². The Morgan fingerprint density at radius 3 is 2.65 bits per heavy atom. The molecule has 23 heavy (non-hydrogen) atoms. The molecule has 0 saturated heterocycles. The monoisotopic (exact) mass is 329 g/mol. The number of ether oxygens (including phenoxy) is 1. The minimum Gasteiger partial charge on any atom is -0.491 e. The Bertz CT molecular complexity index is 629. The summed E-state index contributed by atoms with van der Waals surface area (Å²) < 4.78 is 5.69. The number of benzene rings is 2. The van der Waals surface area contributed by atoms with Gasteiger partial charge in [0.15, 0.2) is 0 Å². The predicted octanol–water partition coefficient (Wildman–Crippen LogP) is 3.73. The highest BCUT2D eigenvalue weighted by Crippen LogP contribution is 2.18. The molecule has 122 valence electrons. The van der Waals surface area contributed by atoms with Crippen LogP contribution in [0.3, 0.4) is 0 Å². The molecule has 0 radical (unpaired) electrons. The van der Waals surface area contributed by atoms with Crippen molar-refractivity contribution >= 4 is 17.7 Å². The van der Waals surface area contributed by atoms with Crippen LogP contribution < -0.4 is 10.1 Å². The Morgan fingerprint density at radius 2 is 1.91 bits per heavy atom. The Kier molecular flexibility index (Phi) is 7.01. The van der Waals surface area contributed by atoms with Crippen LogP contribution in [0.4, 0.5) is 0 Å². The molecule has 0 aliphatic heterocycles. The van der Waals surface area contributed by atoms with Crippen LogP contribution in [0.15, 0.2) is 48.5 Å². The van der Waals surface area contributed by atoms with Crippen LogP contribution in [-0.2, 0) is 10.5 Å². The highest BCUT2D eigenvalue weighted by atomic mass is 32.2. The topological polar surface area (TPSA) is 38.3 Å². The number of rotatable bonds is 8. The lowest BCUT2D eigenvalue weighted by Crippen LogP contribution is -2.29. The van der Waals surface area contributed by atoms with Gasteiger partial charge >= 0.3 is 0 Å². The van der Waals surface area contributed by atoms with Crippen LogP contribution in [0.2, 0.25) is 0 Å². The summed E-state index contributed by atoms with van der Waals surface area (Å²) >= 11 is 1.62. The van der Waals surface area contributed by atoms with E-state index in [1.165, 1.54) is 11.1 Å². The molecule has 1 N–H and O–H groups in total. The van der Waals surface area contributed by atoms with Crippen LogP contribution in [0.1, 0.15) is 16.7 Å². The SMILES string of the molecule is Cc1ccc(OCCNC(=O)CSCc2ccccc2)c(C)c1. The van der Waals surface area contributed by atoms with E-state index in [1.54, 1.807) is 11.8 Å². The van der Waals surface area contributed by atoms with Crippen molar-refractivity contribution in [2.45, 2.75) is 19.6 Å². The van der Waals surface area contributed by atoms with Gasteiger partial charge in [-0.25, -0.2) is 0 Å². The summed E-state index contributed by atoms with van der Waals surface area (Å²) in [5, 5.41) is 2.89. The van der Waals surface area contributed by atoms with Gasteiger partial charge in [0.05, 0.1) is 12.3 Å². The van der Waals surface area contributed by atoms with Crippen LogP contribution in [-0.4, -0.2) is 24.8 Å². The molecule has 0 atom stereocenters. The lowest BCUT2D eigenvalue weighted by Gasteiger charge is -2.10. The summed E-state index contributed by atoms with van der Waals surface area (Å²) in [6.45, 7) is 5.10. The van der Waals surface area contributed by atoms with Crippen molar-refractivity contribution in [1.82, 2.24) is 5.32 Å². The Hall–Kier alpha value is -1.94. The molecular formula is C19H23NO2S. The van der Waals surface area contributed by atoms with Crippen molar-refractivity contribution in [2.24, 2.45) is 0 Å². The van der Waals surface area contributed by atoms with Gasteiger partial charge in [0.25, 0.3) is 0 Å². The van der Waals surface area contributed by atoms with Crippen LogP contribution in [0.5, 0.6) is 5.75 Å². The number of carbonyl (C=O) groups excluding carboxylic acids is 1. The fourth-order valence-electron chi connectivity index (χ4n) is 2.20. The predicted molar refractivity (Wildman–Crippen MR) is 97.0 cm³/mol. The lowest BCUT2D eigenvalue weighted by atomic mass is 10.1. The first kappa shape index (κ1) is 17.4. The first-order valence-corrected chi connectivity index (χ1v) is 8.89. The Morgan fingerprint density at radius 1 is 1.13 bits per heavy atom. The summed E-state index contributed by atoms with van der Waals surface area (Å²) in [7, 11) is 0. The maximum absolute atomic E-state index is 11.8. The van der Waals surface area contributed by atoms with E-state index in [-0.39, 0.29) is 5.91 Å². The average Bonchev–Trinajstić information content (AvgIpc) is 2.54. The van der Waals surface area contributed by atoms with Gasteiger partial charge in [0, 0.05) is 5.75 Å². The third-order valence-electron chi connectivity index (χ3n) is 3.36. The molecule has 2 rings (SSSR count). The third-order valence-corrected chi connectivity index (χ3v) is 4.36. The normalized spacial score (nSPS) is 10.3. The second-order valence-corrected chi connectivity index (χ2v) is 6.43. The standard InChI is InChI=1S/C19H23NO2S/c1-15-8-9-18(16(2)12-15)22-11-10-20-19(21)14-23-13-17-6-4-3-5-7-17/h3-9,12H,10-11,13-14H2,1-2H3,(H,20,21). The molecule has 1 amide bonds. The largest absolute Gasteiger partial charge is 0.491 e. The van der Waals surface area contributed by atoms with Gasteiger partial charge in [0.1, 0.15) is 12.4 Å². The maximum Gasteiger partial charge on any atom is 0.230 e. The van der Waals surface area contributed by atoms with Gasteiger partial charge in [0.2, 0.25) is 5.91 Å². The second-order valence-electron chi connectivity index (χ2n) is 5.45.